The SMILES string of the molecule is Clc1cccc(Cl)c1Sc1ccccc1CNCCc1cc2ccccc2[nH]1. The van der Waals surface area contributed by atoms with Crippen molar-refractivity contribution < 1.29 is 0 Å². The summed E-state index contributed by atoms with van der Waals surface area (Å²) in [7, 11) is 0. The summed E-state index contributed by atoms with van der Waals surface area (Å²) in [6.45, 7) is 1.70. The number of benzene rings is 3. The average Bonchev–Trinajstić information content (AvgIpc) is 3.12. The van der Waals surface area contributed by atoms with Gasteiger partial charge in [-0.1, -0.05) is 77.4 Å². The van der Waals surface area contributed by atoms with Gasteiger partial charge >= 0.3 is 0 Å². The van der Waals surface area contributed by atoms with Crippen LogP contribution in [0.5, 0.6) is 0 Å². The van der Waals surface area contributed by atoms with E-state index in [2.05, 4.69) is 58.8 Å². The van der Waals surface area contributed by atoms with Crippen molar-refractivity contribution in [1.82, 2.24) is 10.3 Å². The Labute approximate surface area is 179 Å². The lowest BCUT2D eigenvalue weighted by atomic mass is 10.2. The molecular formula is C23H20Cl2N2S. The minimum atomic E-state index is 0.680. The molecule has 2 nitrogen and oxygen atoms in total. The normalized spacial score (nSPS) is 11.2. The van der Waals surface area contributed by atoms with Crippen LogP contribution in [0.4, 0.5) is 0 Å². The molecule has 0 saturated carbocycles. The number of H-pyrrole nitrogens is 1. The zero-order chi connectivity index (χ0) is 19.3. The standard InChI is InChI=1S/C23H20Cl2N2S/c24-19-8-5-9-20(25)23(19)28-22-11-4-2-7-17(22)15-26-13-12-18-14-16-6-1-3-10-21(16)27-18/h1-11,14,26-27H,12-13,15H2. The highest BCUT2D eigenvalue weighted by molar-refractivity contribution is 7.99. The van der Waals surface area contributed by atoms with Gasteiger partial charge in [-0.05, 0) is 47.7 Å². The molecule has 4 rings (SSSR count). The Hall–Kier alpha value is -1.91. The molecule has 0 fully saturated rings. The number of hydrogen-bond donors (Lipinski definition) is 2. The molecule has 0 aliphatic rings. The average molecular weight is 427 g/mol. The maximum atomic E-state index is 6.34. The molecule has 28 heavy (non-hydrogen) atoms. The van der Waals surface area contributed by atoms with Crippen LogP contribution >= 0.6 is 35.0 Å². The van der Waals surface area contributed by atoms with E-state index in [9.17, 15) is 0 Å². The molecule has 1 heterocycles. The van der Waals surface area contributed by atoms with Gasteiger partial charge in [0.15, 0.2) is 0 Å². The molecule has 4 aromatic rings. The van der Waals surface area contributed by atoms with Crippen LogP contribution in [0.1, 0.15) is 11.3 Å². The molecule has 0 radical (unpaired) electrons. The van der Waals surface area contributed by atoms with E-state index in [1.165, 1.54) is 22.2 Å². The second-order valence-electron chi connectivity index (χ2n) is 6.57. The third-order valence-corrected chi connectivity index (χ3v) is 6.69. The van der Waals surface area contributed by atoms with Crippen molar-refractivity contribution in [3.63, 3.8) is 0 Å². The van der Waals surface area contributed by atoms with Crippen molar-refractivity contribution in [2.45, 2.75) is 22.8 Å². The number of hydrogen-bond acceptors (Lipinski definition) is 2. The van der Waals surface area contributed by atoms with Crippen molar-refractivity contribution >= 4 is 45.9 Å². The molecule has 0 unspecified atom stereocenters. The van der Waals surface area contributed by atoms with Crippen molar-refractivity contribution in [2.24, 2.45) is 0 Å². The van der Waals surface area contributed by atoms with Gasteiger partial charge in [-0.3, -0.25) is 0 Å². The smallest absolute Gasteiger partial charge is 0.0560 e. The van der Waals surface area contributed by atoms with Gasteiger partial charge in [0.25, 0.3) is 0 Å². The first-order valence-corrected chi connectivity index (χ1v) is 10.7. The highest BCUT2D eigenvalue weighted by Crippen LogP contribution is 2.39. The minimum absolute atomic E-state index is 0.680. The van der Waals surface area contributed by atoms with E-state index in [0.29, 0.717) is 10.0 Å². The summed E-state index contributed by atoms with van der Waals surface area (Å²) in [5.74, 6) is 0. The molecule has 0 aliphatic carbocycles. The van der Waals surface area contributed by atoms with Gasteiger partial charge in [0.1, 0.15) is 0 Å². The fourth-order valence-electron chi connectivity index (χ4n) is 3.15. The molecule has 0 atom stereocenters. The molecule has 3 aromatic carbocycles. The largest absolute Gasteiger partial charge is 0.358 e. The Morgan fingerprint density at radius 3 is 2.43 bits per heavy atom. The first-order valence-electron chi connectivity index (χ1n) is 9.18. The molecule has 2 N–H and O–H groups in total. The number of aromatic nitrogens is 1. The second-order valence-corrected chi connectivity index (χ2v) is 8.44. The van der Waals surface area contributed by atoms with Crippen LogP contribution in [-0.4, -0.2) is 11.5 Å². The summed E-state index contributed by atoms with van der Waals surface area (Å²) in [4.78, 5) is 5.54. The van der Waals surface area contributed by atoms with Crippen molar-refractivity contribution in [2.75, 3.05) is 6.54 Å². The van der Waals surface area contributed by atoms with Crippen molar-refractivity contribution in [3.05, 3.63) is 94.1 Å². The van der Waals surface area contributed by atoms with Gasteiger partial charge in [-0.25, -0.2) is 0 Å². The van der Waals surface area contributed by atoms with Gasteiger partial charge < -0.3 is 10.3 Å². The summed E-state index contributed by atoms with van der Waals surface area (Å²) in [5.41, 5.74) is 3.68. The highest BCUT2D eigenvalue weighted by Gasteiger charge is 2.10. The number of aromatic amines is 1. The third-order valence-electron chi connectivity index (χ3n) is 4.58. The van der Waals surface area contributed by atoms with Crippen molar-refractivity contribution in [1.29, 1.82) is 0 Å². The predicted octanol–water partition coefficient (Wildman–Crippen LogP) is 6.96. The van der Waals surface area contributed by atoms with Gasteiger partial charge in [-0.15, -0.1) is 0 Å². The Bertz CT molecular complexity index is 1040. The molecule has 0 bridgehead atoms. The fraction of sp³-hybridized carbons (Fsp3) is 0.130. The maximum Gasteiger partial charge on any atom is 0.0560 e. The van der Waals surface area contributed by atoms with Gasteiger partial charge in [0, 0.05) is 34.1 Å². The summed E-state index contributed by atoms with van der Waals surface area (Å²) >= 11 is 14.3. The van der Waals surface area contributed by atoms with E-state index in [1.54, 1.807) is 11.8 Å². The van der Waals surface area contributed by atoms with E-state index in [-0.39, 0.29) is 0 Å². The van der Waals surface area contributed by atoms with Crippen LogP contribution in [0.25, 0.3) is 10.9 Å². The quantitative estimate of drug-likeness (QED) is 0.312. The Morgan fingerprint density at radius 2 is 1.61 bits per heavy atom. The number of rotatable bonds is 7. The van der Waals surface area contributed by atoms with E-state index in [0.717, 1.165) is 29.3 Å². The first-order chi connectivity index (χ1) is 13.7. The lowest BCUT2D eigenvalue weighted by molar-refractivity contribution is 0.675. The lowest BCUT2D eigenvalue weighted by Gasteiger charge is -2.12. The van der Waals surface area contributed by atoms with Crippen LogP contribution in [-0.2, 0) is 13.0 Å². The minimum Gasteiger partial charge on any atom is -0.358 e. The molecular weight excluding hydrogens is 407 g/mol. The first kappa shape index (κ1) is 19.4. The summed E-state index contributed by atoms with van der Waals surface area (Å²) in [5, 5.41) is 6.17. The predicted molar refractivity (Wildman–Crippen MR) is 121 cm³/mol. The van der Waals surface area contributed by atoms with E-state index >= 15 is 0 Å². The van der Waals surface area contributed by atoms with E-state index < -0.39 is 0 Å². The Morgan fingerprint density at radius 1 is 0.857 bits per heavy atom. The summed E-state index contributed by atoms with van der Waals surface area (Å²) in [6.07, 6.45) is 0.959. The number of para-hydroxylation sites is 1. The Kier molecular flexibility index (Phi) is 6.28. The molecule has 0 spiro atoms. The second kappa shape index (κ2) is 9.06. The lowest BCUT2D eigenvalue weighted by Crippen LogP contribution is -2.17. The summed E-state index contributed by atoms with van der Waals surface area (Å²) in [6, 6.07) is 24.6. The topological polar surface area (TPSA) is 27.8 Å². The molecule has 0 amide bonds. The third kappa shape index (κ3) is 4.56. The molecule has 0 aliphatic heterocycles. The van der Waals surface area contributed by atoms with Gasteiger partial charge in [0.2, 0.25) is 0 Å². The highest BCUT2D eigenvalue weighted by atomic mass is 35.5. The molecule has 142 valence electrons. The summed E-state index contributed by atoms with van der Waals surface area (Å²) < 4.78 is 0. The molecule has 0 saturated heterocycles. The van der Waals surface area contributed by atoms with Crippen molar-refractivity contribution in [3.8, 4) is 0 Å². The van der Waals surface area contributed by atoms with E-state index in [1.807, 2.05) is 24.3 Å². The van der Waals surface area contributed by atoms with Crippen LogP contribution in [0.15, 0.2) is 82.6 Å². The van der Waals surface area contributed by atoms with Gasteiger partial charge in [0.05, 0.1) is 10.0 Å². The number of fused-ring (bicyclic) bond motifs is 1. The zero-order valence-corrected chi connectivity index (χ0v) is 17.5. The Balaban J connectivity index is 1.38. The van der Waals surface area contributed by atoms with Crippen LogP contribution in [0.2, 0.25) is 10.0 Å². The van der Waals surface area contributed by atoms with Crippen LogP contribution in [0, 0.1) is 0 Å². The number of halogens is 2. The van der Waals surface area contributed by atoms with Crippen LogP contribution < -0.4 is 5.32 Å². The number of nitrogens with one attached hydrogen (secondary N) is 2. The molecule has 1 aromatic heterocycles. The zero-order valence-electron chi connectivity index (χ0n) is 15.2. The fourth-order valence-corrected chi connectivity index (χ4v) is 4.75. The van der Waals surface area contributed by atoms with Gasteiger partial charge in [-0.2, -0.15) is 0 Å². The molecule has 5 heteroatoms. The maximum absolute atomic E-state index is 6.34. The monoisotopic (exact) mass is 426 g/mol. The van der Waals surface area contributed by atoms with E-state index in [4.69, 9.17) is 23.2 Å². The van der Waals surface area contributed by atoms with Crippen LogP contribution in [0.3, 0.4) is 0 Å².